The van der Waals surface area contributed by atoms with E-state index in [9.17, 15) is 18.5 Å². The molecule has 0 saturated carbocycles. The number of carbonyl (C=O) groups excluding carboxylic acids is 1. The van der Waals surface area contributed by atoms with Gasteiger partial charge in [0, 0.05) is 39.3 Å². The van der Waals surface area contributed by atoms with Gasteiger partial charge >= 0.3 is 5.97 Å². The van der Waals surface area contributed by atoms with Crippen LogP contribution in [0.2, 0.25) is 0 Å². The molecule has 0 radical (unpaired) electrons. The molecule has 0 atom stereocenters. The molecule has 0 unspecified atom stereocenters. The number of methoxy groups -OCH3 is 1. The molecular weight excluding hydrogens is 466 g/mol. The molecule has 0 N–H and O–H groups in total. The van der Waals surface area contributed by atoms with Gasteiger partial charge < -0.3 is 14.5 Å². The summed E-state index contributed by atoms with van der Waals surface area (Å²) < 4.78 is 33.5. The SMILES string of the molecule is COC(=O)C1(CS(=O)(=O)N2CC=C(c3ccccc3)CC2)CCN(/C(=N/C#N)N2CCCC2)CC1. The zero-order valence-electron chi connectivity index (χ0n) is 20.2. The number of sulfonamides is 1. The largest absolute Gasteiger partial charge is 0.469 e. The van der Waals surface area contributed by atoms with Gasteiger partial charge in [0.2, 0.25) is 22.2 Å². The number of likely N-dealkylation sites (tertiary alicyclic amines) is 2. The Kier molecular flexibility index (Phi) is 7.77. The van der Waals surface area contributed by atoms with Crippen LogP contribution in [-0.2, 0) is 19.6 Å². The van der Waals surface area contributed by atoms with Crippen molar-refractivity contribution in [2.45, 2.75) is 32.1 Å². The second-order valence-corrected chi connectivity index (χ2v) is 11.4. The van der Waals surface area contributed by atoms with E-state index in [4.69, 9.17) is 4.74 Å². The van der Waals surface area contributed by atoms with Crippen LogP contribution in [0.25, 0.3) is 5.57 Å². The summed E-state index contributed by atoms with van der Waals surface area (Å²) in [6.07, 6.45) is 7.26. The minimum absolute atomic E-state index is 0.274. The molecule has 4 rings (SSSR count). The summed E-state index contributed by atoms with van der Waals surface area (Å²) in [5, 5.41) is 9.19. The molecule has 0 spiro atoms. The zero-order valence-corrected chi connectivity index (χ0v) is 21.0. The van der Waals surface area contributed by atoms with Crippen molar-refractivity contribution < 1.29 is 17.9 Å². The molecule has 0 bridgehead atoms. The Morgan fingerprint density at radius 1 is 1.09 bits per heavy atom. The molecule has 3 aliphatic heterocycles. The maximum absolute atomic E-state index is 13.4. The van der Waals surface area contributed by atoms with E-state index in [1.807, 2.05) is 47.5 Å². The van der Waals surface area contributed by atoms with Crippen LogP contribution in [0.3, 0.4) is 0 Å². The lowest BCUT2D eigenvalue weighted by molar-refractivity contribution is -0.153. The number of hydrogen-bond acceptors (Lipinski definition) is 6. The molecule has 35 heavy (non-hydrogen) atoms. The van der Waals surface area contributed by atoms with E-state index in [1.54, 1.807) is 0 Å². The van der Waals surface area contributed by atoms with Crippen LogP contribution in [0.1, 0.15) is 37.7 Å². The molecule has 1 aromatic rings. The first-order valence-corrected chi connectivity index (χ1v) is 13.8. The molecular formula is C25H33N5O4S. The maximum Gasteiger partial charge on any atom is 0.313 e. The molecule has 0 aromatic heterocycles. The van der Waals surface area contributed by atoms with E-state index in [0.717, 1.165) is 37.1 Å². The van der Waals surface area contributed by atoms with Gasteiger partial charge in [-0.05, 0) is 43.2 Å². The van der Waals surface area contributed by atoms with E-state index in [1.165, 1.54) is 11.4 Å². The monoisotopic (exact) mass is 499 g/mol. The molecule has 9 nitrogen and oxygen atoms in total. The van der Waals surface area contributed by atoms with Crippen LogP contribution in [0, 0.1) is 16.9 Å². The van der Waals surface area contributed by atoms with Crippen molar-refractivity contribution in [1.29, 1.82) is 5.26 Å². The van der Waals surface area contributed by atoms with Crippen LogP contribution in [0.5, 0.6) is 0 Å². The van der Waals surface area contributed by atoms with Gasteiger partial charge in [-0.25, -0.2) is 8.42 Å². The van der Waals surface area contributed by atoms with Gasteiger partial charge in [-0.2, -0.15) is 9.57 Å². The smallest absolute Gasteiger partial charge is 0.313 e. The number of aliphatic imine (C=N–C) groups is 1. The topological polar surface area (TPSA) is 106 Å². The van der Waals surface area contributed by atoms with Gasteiger partial charge in [-0.1, -0.05) is 36.4 Å². The third-order valence-corrected chi connectivity index (χ3v) is 9.37. The molecule has 0 amide bonds. The first kappa shape index (κ1) is 25.2. The Hall–Kier alpha value is -2.90. The summed E-state index contributed by atoms with van der Waals surface area (Å²) in [5.74, 6) is -0.136. The lowest BCUT2D eigenvalue weighted by Crippen LogP contribution is -2.54. The van der Waals surface area contributed by atoms with Crippen LogP contribution in [-0.4, -0.2) is 86.6 Å². The number of esters is 1. The summed E-state index contributed by atoms with van der Waals surface area (Å²) in [4.78, 5) is 21.1. The van der Waals surface area contributed by atoms with Crippen LogP contribution in [0.15, 0.2) is 41.4 Å². The molecule has 3 aliphatic rings. The second-order valence-electron chi connectivity index (χ2n) is 9.42. The quantitative estimate of drug-likeness (QED) is 0.265. The summed E-state index contributed by atoms with van der Waals surface area (Å²) in [6.45, 7) is 3.27. The Labute approximate surface area is 207 Å². The zero-order chi connectivity index (χ0) is 24.9. The van der Waals surface area contributed by atoms with Crippen LogP contribution < -0.4 is 0 Å². The highest BCUT2D eigenvalue weighted by Gasteiger charge is 2.48. The first-order valence-electron chi connectivity index (χ1n) is 12.2. The predicted octanol–water partition coefficient (Wildman–Crippen LogP) is 2.29. The average Bonchev–Trinajstić information content (AvgIpc) is 3.42. The van der Waals surface area contributed by atoms with E-state index < -0.39 is 21.4 Å². The molecule has 188 valence electrons. The van der Waals surface area contributed by atoms with Crippen molar-refractivity contribution in [1.82, 2.24) is 14.1 Å². The van der Waals surface area contributed by atoms with Crippen LogP contribution >= 0.6 is 0 Å². The number of rotatable bonds is 5. The predicted molar refractivity (Wildman–Crippen MR) is 134 cm³/mol. The normalized spacial score (nSPS) is 21.4. The number of ether oxygens (including phenoxy) is 1. The van der Waals surface area contributed by atoms with Gasteiger partial charge in [0.25, 0.3) is 0 Å². The van der Waals surface area contributed by atoms with Gasteiger partial charge in [0.05, 0.1) is 18.3 Å². The third kappa shape index (κ3) is 5.52. The molecule has 10 heteroatoms. The molecule has 3 heterocycles. The van der Waals surface area contributed by atoms with Crippen molar-refractivity contribution in [2.24, 2.45) is 10.4 Å². The fraction of sp³-hybridized carbons (Fsp3) is 0.560. The number of nitrogens with zero attached hydrogens (tertiary/aromatic N) is 5. The van der Waals surface area contributed by atoms with Crippen molar-refractivity contribution in [3.63, 3.8) is 0 Å². The highest BCUT2D eigenvalue weighted by molar-refractivity contribution is 7.89. The molecule has 1 aromatic carbocycles. The second kappa shape index (κ2) is 10.8. The van der Waals surface area contributed by atoms with Gasteiger partial charge in [-0.3, -0.25) is 4.79 Å². The Morgan fingerprint density at radius 3 is 2.31 bits per heavy atom. The number of carbonyl (C=O) groups is 1. The van der Waals surface area contributed by atoms with Crippen molar-refractivity contribution in [3.05, 3.63) is 42.0 Å². The highest BCUT2D eigenvalue weighted by Crippen LogP contribution is 2.36. The van der Waals surface area contributed by atoms with E-state index in [2.05, 4.69) is 9.89 Å². The first-order chi connectivity index (χ1) is 16.9. The summed E-state index contributed by atoms with van der Waals surface area (Å²) >= 11 is 0. The van der Waals surface area contributed by atoms with E-state index in [-0.39, 0.29) is 5.75 Å². The van der Waals surface area contributed by atoms with Gasteiger partial charge in [0.1, 0.15) is 0 Å². The standard InChI is InChI=1S/C25H33N5O4S/c1-34-23(31)25(11-17-29(18-12-25)24(27-20-26)28-13-5-6-14-28)19-35(32,33)30-15-9-22(10-16-30)21-7-3-2-4-8-21/h2-4,7-9H,5-6,10-19H2,1H3/b27-24+. The van der Waals surface area contributed by atoms with E-state index in [0.29, 0.717) is 51.4 Å². The summed E-state index contributed by atoms with van der Waals surface area (Å²) in [7, 11) is -2.38. The summed E-state index contributed by atoms with van der Waals surface area (Å²) in [6, 6.07) is 9.97. The number of hydrogen-bond donors (Lipinski definition) is 0. The number of benzene rings is 1. The molecule has 0 aliphatic carbocycles. The highest BCUT2D eigenvalue weighted by atomic mass is 32.2. The third-order valence-electron chi connectivity index (χ3n) is 7.33. The number of piperidine rings is 1. The van der Waals surface area contributed by atoms with Crippen molar-refractivity contribution in [2.75, 3.05) is 52.1 Å². The Morgan fingerprint density at radius 2 is 1.74 bits per heavy atom. The fourth-order valence-corrected chi connectivity index (χ4v) is 7.28. The number of guanidine groups is 1. The van der Waals surface area contributed by atoms with Gasteiger partial charge in [-0.15, -0.1) is 4.99 Å². The lowest BCUT2D eigenvalue weighted by atomic mass is 9.80. The average molecular weight is 500 g/mol. The van der Waals surface area contributed by atoms with E-state index >= 15 is 0 Å². The lowest BCUT2D eigenvalue weighted by Gasteiger charge is -2.42. The maximum atomic E-state index is 13.4. The molecule has 2 fully saturated rings. The fourth-order valence-electron chi connectivity index (χ4n) is 5.32. The van der Waals surface area contributed by atoms with Crippen LogP contribution in [0.4, 0.5) is 0 Å². The Balaban J connectivity index is 1.46. The molecule has 2 saturated heterocycles. The Bertz CT molecular complexity index is 1110. The van der Waals surface area contributed by atoms with Crippen molar-refractivity contribution in [3.8, 4) is 6.19 Å². The van der Waals surface area contributed by atoms with Gasteiger partial charge in [0.15, 0.2) is 0 Å². The van der Waals surface area contributed by atoms with Crippen molar-refractivity contribution >= 4 is 27.5 Å². The number of nitriles is 1. The minimum atomic E-state index is -3.69. The summed E-state index contributed by atoms with van der Waals surface area (Å²) in [5.41, 5.74) is 1.13. The minimum Gasteiger partial charge on any atom is -0.469 e.